The summed E-state index contributed by atoms with van der Waals surface area (Å²) in [7, 11) is 3.13. The molecule has 0 heterocycles. The van der Waals surface area contributed by atoms with Gasteiger partial charge < -0.3 is 10.1 Å². The Kier molecular flexibility index (Phi) is 5.03. The van der Waals surface area contributed by atoms with Gasteiger partial charge >= 0.3 is 0 Å². The van der Waals surface area contributed by atoms with E-state index in [1.54, 1.807) is 7.05 Å². The molecule has 0 amide bonds. The van der Waals surface area contributed by atoms with Crippen molar-refractivity contribution >= 4 is 5.69 Å². The van der Waals surface area contributed by atoms with Crippen LogP contribution in [-0.4, -0.2) is 25.1 Å². The van der Waals surface area contributed by atoms with Gasteiger partial charge in [-0.25, -0.2) is 4.39 Å². The summed E-state index contributed by atoms with van der Waals surface area (Å²) in [4.78, 5) is 10.3. The van der Waals surface area contributed by atoms with E-state index in [0.717, 1.165) is 12.5 Å². The van der Waals surface area contributed by atoms with Crippen LogP contribution in [0.25, 0.3) is 0 Å². The zero-order valence-electron chi connectivity index (χ0n) is 10.7. The molecule has 0 aliphatic rings. The number of nitrogens with zero attached hydrogens (tertiary/aromatic N) is 1. The Bertz CT molecular complexity index is 434. The van der Waals surface area contributed by atoms with Gasteiger partial charge in [0, 0.05) is 11.6 Å². The highest BCUT2D eigenvalue weighted by atomic mass is 19.1. The zero-order valence-corrected chi connectivity index (χ0v) is 10.7. The lowest BCUT2D eigenvalue weighted by molar-refractivity contribution is -0.385. The number of benzene rings is 1. The van der Waals surface area contributed by atoms with E-state index in [0.29, 0.717) is 12.0 Å². The standard InChI is InChI=1S/C12H17FN2O3/c1-4-9(14-2)5-8-6-12(18-3)10(13)7-11(8)15(16)17/h6-7,9,14H,4-5H2,1-3H3. The van der Waals surface area contributed by atoms with Crippen molar-refractivity contribution in [1.82, 2.24) is 5.32 Å². The molecule has 1 aromatic rings. The molecule has 0 aliphatic heterocycles. The number of nitro benzene ring substituents is 1. The van der Waals surface area contributed by atoms with Gasteiger partial charge in [-0.15, -0.1) is 0 Å². The van der Waals surface area contributed by atoms with Crippen LogP contribution < -0.4 is 10.1 Å². The lowest BCUT2D eigenvalue weighted by Crippen LogP contribution is -2.26. The molecule has 100 valence electrons. The summed E-state index contributed by atoms with van der Waals surface area (Å²) in [6.07, 6.45) is 1.29. The second-order valence-corrected chi connectivity index (χ2v) is 3.97. The topological polar surface area (TPSA) is 64.4 Å². The van der Waals surface area contributed by atoms with E-state index in [1.807, 2.05) is 6.92 Å². The van der Waals surface area contributed by atoms with Crippen molar-refractivity contribution in [1.29, 1.82) is 0 Å². The van der Waals surface area contributed by atoms with Crippen molar-refractivity contribution < 1.29 is 14.1 Å². The van der Waals surface area contributed by atoms with Gasteiger partial charge in [-0.05, 0) is 26.0 Å². The molecule has 0 bridgehead atoms. The second kappa shape index (κ2) is 6.30. The van der Waals surface area contributed by atoms with Crippen molar-refractivity contribution in [3.8, 4) is 5.75 Å². The van der Waals surface area contributed by atoms with Crippen molar-refractivity contribution in [3.05, 3.63) is 33.6 Å². The van der Waals surface area contributed by atoms with Crippen LogP contribution in [0.5, 0.6) is 5.75 Å². The maximum absolute atomic E-state index is 13.4. The fourth-order valence-corrected chi connectivity index (χ4v) is 1.79. The third-order valence-corrected chi connectivity index (χ3v) is 2.92. The molecule has 1 unspecified atom stereocenters. The molecule has 5 nitrogen and oxygen atoms in total. The molecule has 0 saturated carbocycles. The van der Waals surface area contributed by atoms with Gasteiger partial charge in [0.1, 0.15) is 0 Å². The van der Waals surface area contributed by atoms with Gasteiger partial charge in [0.15, 0.2) is 11.6 Å². The van der Waals surface area contributed by atoms with Crippen molar-refractivity contribution in [2.24, 2.45) is 0 Å². The lowest BCUT2D eigenvalue weighted by Gasteiger charge is -2.14. The van der Waals surface area contributed by atoms with E-state index >= 15 is 0 Å². The molecular weight excluding hydrogens is 239 g/mol. The summed E-state index contributed by atoms with van der Waals surface area (Å²) in [5.41, 5.74) is 0.265. The van der Waals surface area contributed by atoms with E-state index in [1.165, 1.54) is 13.2 Å². The van der Waals surface area contributed by atoms with Crippen molar-refractivity contribution in [2.75, 3.05) is 14.2 Å². The number of methoxy groups -OCH3 is 1. The molecule has 0 saturated heterocycles. The van der Waals surface area contributed by atoms with E-state index in [4.69, 9.17) is 4.74 Å². The van der Waals surface area contributed by atoms with Crippen LogP contribution in [0.15, 0.2) is 12.1 Å². The summed E-state index contributed by atoms with van der Waals surface area (Å²) in [5, 5.41) is 14.0. The fraction of sp³-hybridized carbons (Fsp3) is 0.500. The Labute approximate surface area is 105 Å². The molecule has 1 N–H and O–H groups in total. The van der Waals surface area contributed by atoms with Gasteiger partial charge in [0.2, 0.25) is 0 Å². The normalized spacial score (nSPS) is 12.2. The quantitative estimate of drug-likeness (QED) is 0.626. The number of rotatable bonds is 6. The average molecular weight is 256 g/mol. The first-order chi connectivity index (χ1) is 8.53. The first kappa shape index (κ1) is 14.4. The summed E-state index contributed by atoms with van der Waals surface area (Å²) in [6.45, 7) is 1.98. The maximum atomic E-state index is 13.4. The molecule has 1 aromatic carbocycles. The van der Waals surface area contributed by atoms with E-state index < -0.39 is 10.7 Å². The third-order valence-electron chi connectivity index (χ3n) is 2.92. The second-order valence-electron chi connectivity index (χ2n) is 3.97. The molecule has 0 aromatic heterocycles. The van der Waals surface area contributed by atoms with Crippen LogP contribution >= 0.6 is 0 Å². The summed E-state index contributed by atoms with van der Waals surface area (Å²) < 4.78 is 18.3. The summed E-state index contributed by atoms with van der Waals surface area (Å²) >= 11 is 0. The predicted octanol–water partition coefficient (Wildman–Crippen LogP) is 2.28. The Hall–Kier alpha value is -1.69. The fourth-order valence-electron chi connectivity index (χ4n) is 1.79. The lowest BCUT2D eigenvalue weighted by atomic mass is 10.0. The average Bonchev–Trinajstić information content (AvgIpc) is 2.36. The number of hydrogen-bond donors (Lipinski definition) is 1. The van der Waals surface area contributed by atoms with E-state index in [9.17, 15) is 14.5 Å². The first-order valence-corrected chi connectivity index (χ1v) is 5.71. The molecule has 1 rings (SSSR count). The Balaban J connectivity index is 3.17. The number of likely N-dealkylation sites (N-methyl/N-ethyl adjacent to an activating group) is 1. The van der Waals surface area contributed by atoms with Gasteiger partial charge in [-0.1, -0.05) is 6.92 Å². The molecule has 0 radical (unpaired) electrons. The zero-order chi connectivity index (χ0) is 13.7. The highest BCUT2D eigenvalue weighted by Gasteiger charge is 2.20. The predicted molar refractivity (Wildman–Crippen MR) is 66.4 cm³/mol. The minimum Gasteiger partial charge on any atom is -0.494 e. The van der Waals surface area contributed by atoms with Gasteiger partial charge in [0.25, 0.3) is 5.69 Å². The number of ether oxygens (including phenoxy) is 1. The molecule has 18 heavy (non-hydrogen) atoms. The molecule has 0 spiro atoms. The summed E-state index contributed by atoms with van der Waals surface area (Å²) in [6, 6.07) is 2.42. The molecule has 6 heteroatoms. The number of nitrogens with one attached hydrogen (secondary N) is 1. The SMILES string of the molecule is CCC(Cc1cc(OC)c(F)cc1[N+](=O)[O-])NC. The Morgan fingerprint density at radius 2 is 2.22 bits per heavy atom. The Morgan fingerprint density at radius 1 is 1.56 bits per heavy atom. The van der Waals surface area contributed by atoms with Crippen LogP contribution in [0, 0.1) is 15.9 Å². The maximum Gasteiger partial charge on any atom is 0.275 e. The first-order valence-electron chi connectivity index (χ1n) is 5.71. The number of hydrogen-bond acceptors (Lipinski definition) is 4. The number of nitro groups is 1. The minimum absolute atomic E-state index is 0.0292. The molecule has 1 atom stereocenters. The van der Waals surface area contributed by atoms with Gasteiger partial charge in [-0.3, -0.25) is 10.1 Å². The smallest absolute Gasteiger partial charge is 0.275 e. The highest BCUT2D eigenvalue weighted by Crippen LogP contribution is 2.28. The number of halogens is 1. The largest absolute Gasteiger partial charge is 0.494 e. The van der Waals surface area contributed by atoms with Crippen LogP contribution in [0.4, 0.5) is 10.1 Å². The van der Waals surface area contributed by atoms with Crippen molar-refractivity contribution in [2.45, 2.75) is 25.8 Å². The highest BCUT2D eigenvalue weighted by molar-refractivity contribution is 5.46. The van der Waals surface area contributed by atoms with Gasteiger partial charge in [0.05, 0.1) is 18.1 Å². The molecule has 0 aliphatic carbocycles. The Morgan fingerprint density at radius 3 is 2.67 bits per heavy atom. The van der Waals surface area contributed by atoms with E-state index in [-0.39, 0.29) is 17.5 Å². The monoisotopic (exact) mass is 256 g/mol. The van der Waals surface area contributed by atoms with E-state index in [2.05, 4.69) is 5.32 Å². The van der Waals surface area contributed by atoms with Crippen LogP contribution in [0.2, 0.25) is 0 Å². The van der Waals surface area contributed by atoms with Crippen molar-refractivity contribution in [3.63, 3.8) is 0 Å². The third kappa shape index (κ3) is 3.16. The van der Waals surface area contributed by atoms with Gasteiger partial charge in [-0.2, -0.15) is 0 Å². The van der Waals surface area contributed by atoms with Crippen LogP contribution in [0.1, 0.15) is 18.9 Å². The minimum atomic E-state index is -0.717. The van der Waals surface area contributed by atoms with Crippen LogP contribution in [0.3, 0.4) is 0 Å². The summed E-state index contributed by atoms with van der Waals surface area (Å²) in [5.74, 6) is -0.688. The molecule has 0 fully saturated rings. The molecular formula is C12H17FN2O3. The van der Waals surface area contributed by atoms with Crippen LogP contribution in [-0.2, 0) is 6.42 Å².